The van der Waals surface area contributed by atoms with Crippen molar-refractivity contribution in [2.75, 3.05) is 6.61 Å². The molecule has 0 amide bonds. The number of thioether (sulfide) groups is 1. The van der Waals surface area contributed by atoms with Crippen LogP contribution >= 0.6 is 11.8 Å². The average molecular weight is 196 g/mol. The number of hydrogen-bond donors (Lipinski definition) is 1. The largest absolute Gasteiger partial charge is 0.396 e. The first-order valence-electron chi connectivity index (χ1n) is 4.27. The summed E-state index contributed by atoms with van der Waals surface area (Å²) in [4.78, 5) is 0. The minimum Gasteiger partial charge on any atom is -0.396 e. The van der Waals surface area contributed by atoms with E-state index < -0.39 is 5.76 Å². The normalized spacial score (nSPS) is 31.0. The maximum Gasteiger partial charge on any atom is 0.284 e. The van der Waals surface area contributed by atoms with Gasteiger partial charge < -0.3 is 5.11 Å². The third kappa shape index (κ3) is 3.27. The van der Waals surface area contributed by atoms with E-state index in [1.807, 2.05) is 0 Å². The molecular weight excluding hydrogens is 182 g/mol. The van der Waals surface area contributed by atoms with Crippen LogP contribution in [0.2, 0.25) is 0 Å². The van der Waals surface area contributed by atoms with Gasteiger partial charge in [0.25, 0.3) is 5.76 Å². The lowest BCUT2D eigenvalue weighted by Gasteiger charge is -2.26. The Hall–Kier alpha value is 0.170. The summed E-state index contributed by atoms with van der Waals surface area (Å²) < 4.78 is 23.8. The second-order valence-electron chi connectivity index (χ2n) is 3.22. The maximum absolute atomic E-state index is 11.9. The number of halogens is 2. The van der Waals surface area contributed by atoms with Gasteiger partial charge >= 0.3 is 0 Å². The molecule has 0 atom stereocenters. The molecule has 0 aromatic carbocycles. The fourth-order valence-corrected chi connectivity index (χ4v) is 2.43. The molecule has 1 nitrogen and oxygen atoms in total. The molecular formula is C8H14F2OS. The van der Waals surface area contributed by atoms with Crippen molar-refractivity contribution >= 4 is 11.8 Å². The summed E-state index contributed by atoms with van der Waals surface area (Å²) in [5, 5.41) is 8.92. The van der Waals surface area contributed by atoms with Crippen LogP contribution in [0.5, 0.6) is 0 Å². The predicted octanol–water partition coefficient (Wildman–Crippen LogP) is 2.49. The Balaban J connectivity index is 2.17. The Morgan fingerprint density at radius 2 is 1.83 bits per heavy atom. The molecule has 1 aliphatic carbocycles. The number of hydrogen-bond acceptors (Lipinski definition) is 2. The van der Waals surface area contributed by atoms with Crippen LogP contribution in [0.25, 0.3) is 0 Å². The predicted molar refractivity (Wildman–Crippen MR) is 46.4 cm³/mol. The number of aliphatic hydroxyl groups excluding tert-OH is 1. The highest BCUT2D eigenvalue weighted by molar-refractivity contribution is 8.00. The maximum atomic E-state index is 11.9. The third-order valence-electron chi connectivity index (χ3n) is 2.35. The zero-order valence-electron chi connectivity index (χ0n) is 6.88. The van der Waals surface area contributed by atoms with Crippen LogP contribution in [0.1, 0.15) is 25.7 Å². The Morgan fingerprint density at radius 1 is 1.25 bits per heavy atom. The second-order valence-corrected chi connectivity index (χ2v) is 4.52. The van der Waals surface area contributed by atoms with Crippen LogP contribution < -0.4 is 0 Å². The van der Waals surface area contributed by atoms with Crippen molar-refractivity contribution in [2.24, 2.45) is 5.92 Å². The third-order valence-corrected chi connectivity index (χ3v) is 3.41. The molecule has 0 saturated heterocycles. The van der Waals surface area contributed by atoms with Crippen LogP contribution in [-0.2, 0) is 0 Å². The topological polar surface area (TPSA) is 20.2 Å². The van der Waals surface area contributed by atoms with E-state index in [-0.39, 0.29) is 11.9 Å². The summed E-state index contributed by atoms with van der Waals surface area (Å²) in [6.45, 7) is 0.214. The molecule has 1 aliphatic rings. The van der Waals surface area contributed by atoms with Gasteiger partial charge in [-0.15, -0.1) is 0 Å². The Labute approximate surface area is 75.5 Å². The van der Waals surface area contributed by atoms with E-state index in [2.05, 4.69) is 0 Å². The fourth-order valence-electron chi connectivity index (χ4n) is 1.60. The van der Waals surface area contributed by atoms with E-state index >= 15 is 0 Å². The molecule has 0 aromatic heterocycles. The first-order valence-corrected chi connectivity index (χ1v) is 5.21. The molecule has 1 rings (SSSR count). The van der Waals surface area contributed by atoms with Crippen molar-refractivity contribution in [3.8, 4) is 0 Å². The first kappa shape index (κ1) is 10.3. The molecule has 12 heavy (non-hydrogen) atoms. The molecule has 0 aliphatic heterocycles. The van der Waals surface area contributed by atoms with Gasteiger partial charge in [0, 0.05) is 11.9 Å². The Kier molecular flexibility index (Phi) is 4.29. The van der Waals surface area contributed by atoms with E-state index in [4.69, 9.17) is 5.11 Å². The lowest BCUT2D eigenvalue weighted by molar-refractivity contribution is 0.190. The van der Waals surface area contributed by atoms with E-state index in [0.717, 1.165) is 37.4 Å². The van der Waals surface area contributed by atoms with Gasteiger partial charge in [0.1, 0.15) is 0 Å². The smallest absolute Gasteiger partial charge is 0.284 e. The minimum absolute atomic E-state index is 0.118. The van der Waals surface area contributed by atoms with Gasteiger partial charge in [0.15, 0.2) is 0 Å². The highest BCUT2D eigenvalue weighted by Crippen LogP contribution is 2.34. The number of rotatable bonds is 3. The van der Waals surface area contributed by atoms with Crippen molar-refractivity contribution in [3.63, 3.8) is 0 Å². The Morgan fingerprint density at radius 3 is 2.25 bits per heavy atom. The SMILES string of the molecule is OCC1CCC(SC(F)F)CC1. The molecule has 0 spiro atoms. The summed E-state index contributed by atoms with van der Waals surface area (Å²) in [7, 11) is 0. The van der Waals surface area contributed by atoms with Gasteiger partial charge in [-0.3, -0.25) is 0 Å². The van der Waals surface area contributed by atoms with Gasteiger partial charge in [0.2, 0.25) is 0 Å². The monoisotopic (exact) mass is 196 g/mol. The molecule has 0 aromatic rings. The van der Waals surface area contributed by atoms with Crippen LogP contribution in [-0.4, -0.2) is 22.7 Å². The van der Waals surface area contributed by atoms with Crippen LogP contribution in [0.3, 0.4) is 0 Å². The summed E-state index contributed by atoms with van der Waals surface area (Å²) in [5.74, 6) is -1.87. The lowest BCUT2D eigenvalue weighted by Crippen LogP contribution is -2.19. The average Bonchev–Trinajstić information content (AvgIpc) is 2.05. The standard InChI is InChI=1S/C8H14F2OS/c9-8(10)12-7-3-1-6(5-11)2-4-7/h6-8,11H,1-5H2. The molecule has 4 heteroatoms. The zero-order valence-corrected chi connectivity index (χ0v) is 7.70. The van der Waals surface area contributed by atoms with Gasteiger partial charge in [0.05, 0.1) is 0 Å². The van der Waals surface area contributed by atoms with Gasteiger partial charge in [-0.1, -0.05) is 11.8 Å². The highest BCUT2D eigenvalue weighted by atomic mass is 32.2. The van der Waals surface area contributed by atoms with Crippen LogP contribution in [0.4, 0.5) is 8.78 Å². The quantitative estimate of drug-likeness (QED) is 0.748. The number of alkyl halides is 2. The van der Waals surface area contributed by atoms with E-state index in [1.54, 1.807) is 0 Å². The lowest BCUT2D eigenvalue weighted by atomic mass is 9.90. The van der Waals surface area contributed by atoms with Crippen molar-refractivity contribution in [3.05, 3.63) is 0 Å². The minimum atomic E-state index is -2.24. The Bertz CT molecular complexity index is 124. The van der Waals surface area contributed by atoms with E-state index in [9.17, 15) is 8.78 Å². The molecule has 72 valence electrons. The second kappa shape index (κ2) is 5.02. The van der Waals surface area contributed by atoms with E-state index in [1.165, 1.54) is 0 Å². The fraction of sp³-hybridized carbons (Fsp3) is 1.00. The van der Waals surface area contributed by atoms with Crippen molar-refractivity contribution in [1.82, 2.24) is 0 Å². The highest BCUT2D eigenvalue weighted by Gasteiger charge is 2.23. The van der Waals surface area contributed by atoms with Gasteiger partial charge in [-0.05, 0) is 31.6 Å². The summed E-state index contributed by atoms with van der Waals surface area (Å²) >= 11 is 0.773. The molecule has 1 fully saturated rings. The summed E-state index contributed by atoms with van der Waals surface area (Å²) in [6, 6.07) is 0. The van der Waals surface area contributed by atoms with Gasteiger partial charge in [-0.2, -0.15) is 8.78 Å². The zero-order chi connectivity index (χ0) is 8.97. The summed E-state index contributed by atoms with van der Waals surface area (Å²) in [5.41, 5.74) is 0. The van der Waals surface area contributed by atoms with Crippen molar-refractivity contribution in [1.29, 1.82) is 0 Å². The van der Waals surface area contributed by atoms with Crippen molar-refractivity contribution in [2.45, 2.75) is 36.7 Å². The molecule has 1 saturated carbocycles. The first-order chi connectivity index (χ1) is 5.72. The molecule has 0 heterocycles. The summed E-state index contributed by atoms with van der Waals surface area (Å²) in [6.07, 6.45) is 3.47. The van der Waals surface area contributed by atoms with Crippen LogP contribution in [0.15, 0.2) is 0 Å². The molecule has 0 unspecified atom stereocenters. The molecule has 0 bridgehead atoms. The molecule has 0 radical (unpaired) electrons. The van der Waals surface area contributed by atoms with Crippen molar-refractivity contribution < 1.29 is 13.9 Å². The van der Waals surface area contributed by atoms with Crippen LogP contribution in [0, 0.1) is 5.92 Å². The van der Waals surface area contributed by atoms with E-state index in [0.29, 0.717) is 5.92 Å². The molecule has 1 N–H and O–H groups in total. The number of aliphatic hydroxyl groups is 1. The van der Waals surface area contributed by atoms with Gasteiger partial charge in [-0.25, -0.2) is 0 Å².